The Bertz CT molecular complexity index is 3470. The number of anilines is 3. The van der Waals surface area contributed by atoms with E-state index in [1.54, 1.807) is 0 Å². The van der Waals surface area contributed by atoms with Crippen LogP contribution in [0.1, 0.15) is 49.9 Å². The van der Waals surface area contributed by atoms with Gasteiger partial charge in [-0.15, -0.1) is 22.7 Å². The molecule has 2 heterocycles. The minimum atomic E-state index is -0.139. The van der Waals surface area contributed by atoms with Crippen molar-refractivity contribution in [2.24, 2.45) is 0 Å². The van der Waals surface area contributed by atoms with E-state index in [0.717, 1.165) is 17.1 Å². The van der Waals surface area contributed by atoms with Gasteiger partial charge in [0.1, 0.15) is 0 Å². The van der Waals surface area contributed by atoms with Gasteiger partial charge in [-0.05, 0) is 146 Å². The first-order valence-electron chi connectivity index (χ1n) is 22.0. The van der Waals surface area contributed by atoms with E-state index in [2.05, 4.69) is 221 Å². The molecule has 3 heteroatoms. The summed E-state index contributed by atoms with van der Waals surface area (Å²) in [7, 11) is 0. The Kier molecular flexibility index (Phi) is 7.81. The van der Waals surface area contributed by atoms with Crippen LogP contribution < -0.4 is 4.90 Å². The molecule has 11 aromatic rings. The first-order chi connectivity index (χ1) is 30.7. The number of fused-ring (bicyclic) bond motifs is 12. The van der Waals surface area contributed by atoms with Crippen molar-refractivity contribution in [1.29, 1.82) is 0 Å². The molecule has 0 atom stereocenters. The van der Waals surface area contributed by atoms with Crippen LogP contribution in [0.5, 0.6) is 0 Å². The van der Waals surface area contributed by atoms with Crippen LogP contribution in [0, 0.1) is 0 Å². The van der Waals surface area contributed by atoms with E-state index < -0.39 is 0 Å². The van der Waals surface area contributed by atoms with Crippen molar-refractivity contribution < 1.29 is 0 Å². The molecule has 0 saturated heterocycles. The van der Waals surface area contributed by atoms with Gasteiger partial charge >= 0.3 is 0 Å². The molecular weight excluding hydrogens is 799 g/mol. The summed E-state index contributed by atoms with van der Waals surface area (Å²) < 4.78 is 5.28. The number of thiophene rings is 2. The van der Waals surface area contributed by atoms with E-state index in [0.29, 0.717) is 0 Å². The molecule has 0 amide bonds. The topological polar surface area (TPSA) is 3.24 Å². The fraction of sp³-hybridized carbons (Fsp3) is 0.100. The second-order valence-electron chi connectivity index (χ2n) is 18.5. The van der Waals surface area contributed by atoms with E-state index in [1.807, 2.05) is 22.7 Å². The Hall–Kier alpha value is -6.78. The SMILES string of the molecule is CC1(C)c2ccccc2-c2ccc(N(c3cc(-c4ccc5sc6ccccc6c5c4)cc(-c4ccc5sc6ccccc6c5c4)c3)c3ccc4c(c3)C(C)(C)c3ccccc3-4)cc21. The van der Waals surface area contributed by atoms with Gasteiger partial charge in [0.05, 0.1) is 0 Å². The zero-order valence-corrected chi connectivity index (χ0v) is 37.3. The van der Waals surface area contributed by atoms with Crippen LogP contribution in [-0.4, -0.2) is 0 Å². The lowest BCUT2D eigenvalue weighted by Gasteiger charge is -2.30. The molecule has 0 bridgehead atoms. The van der Waals surface area contributed by atoms with Gasteiger partial charge in [-0.1, -0.05) is 137 Å². The largest absolute Gasteiger partial charge is 0.310 e. The Morgan fingerprint density at radius 1 is 0.302 bits per heavy atom. The molecule has 2 aliphatic rings. The van der Waals surface area contributed by atoms with Crippen LogP contribution >= 0.6 is 22.7 Å². The summed E-state index contributed by atoms with van der Waals surface area (Å²) >= 11 is 3.75. The van der Waals surface area contributed by atoms with E-state index in [9.17, 15) is 0 Å². The maximum absolute atomic E-state index is 2.53. The van der Waals surface area contributed by atoms with Crippen molar-refractivity contribution >= 4 is 80.1 Å². The van der Waals surface area contributed by atoms with Gasteiger partial charge in [-0.2, -0.15) is 0 Å². The normalized spacial score (nSPS) is 14.3. The van der Waals surface area contributed by atoms with E-state index >= 15 is 0 Å². The molecule has 300 valence electrons. The maximum Gasteiger partial charge on any atom is 0.0473 e. The maximum atomic E-state index is 2.53. The number of rotatable bonds is 5. The third-order valence-corrected chi connectivity index (χ3v) is 16.6. The molecule has 2 aromatic heterocycles. The minimum absolute atomic E-state index is 0.139. The average molecular weight is 842 g/mol. The Labute approximate surface area is 376 Å². The predicted molar refractivity (Wildman–Crippen MR) is 273 cm³/mol. The zero-order chi connectivity index (χ0) is 42.2. The standard InChI is InChI=1S/C60H43NS2/c1-59(2)51-17-9-5-13-43(51)45-25-23-40(34-53(45)59)61(41-24-26-46-44-14-6-10-18-52(44)60(3,4)54(46)35-41)42-30-38(36-21-27-57-49(32-36)47-15-7-11-19-55(47)62-57)29-39(31-42)37-22-28-58-50(33-37)48-16-8-12-20-56(48)63-58/h5-35H,1-4H3. The van der Waals surface area contributed by atoms with Gasteiger partial charge < -0.3 is 4.90 Å². The molecule has 1 nitrogen and oxygen atoms in total. The molecule has 0 N–H and O–H groups in total. The number of hydrogen-bond acceptors (Lipinski definition) is 3. The molecule has 0 saturated carbocycles. The molecule has 0 aliphatic heterocycles. The third kappa shape index (κ3) is 5.46. The zero-order valence-electron chi connectivity index (χ0n) is 35.7. The lowest BCUT2D eigenvalue weighted by Crippen LogP contribution is -2.18. The van der Waals surface area contributed by atoms with Crippen LogP contribution in [0.3, 0.4) is 0 Å². The fourth-order valence-corrected chi connectivity index (χ4v) is 13.2. The molecule has 0 fully saturated rings. The van der Waals surface area contributed by atoms with Gasteiger partial charge in [0.25, 0.3) is 0 Å². The molecule has 2 aliphatic carbocycles. The van der Waals surface area contributed by atoms with Gasteiger partial charge in [0.15, 0.2) is 0 Å². The van der Waals surface area contributed by atoms with Crippen molar-refractivity contribution in [1.82, 2.24) is 0 Å². The quantitative estimate of drug-likeness (QED) is 0.167. The number of nitrogens with zero attached hydrogens (tertiary/aromatic N) is 1. The highest BCUT2D eigenvalue weighted by Gasteiger charge is 2.38. The van der Waals surface area contributed by atoms with Crippen LogP contribution in [0.2, 0.25) is 0 Å². The molecule has 0 spiro atoms. The molecule has 9 aromatic carbocycles. The van der Waals surface area contributed by atoms with Crippen molar-refractivity contribution in [3.63, 3.8) is 0 Å². The van der Waals surface area contributed by atoms with E-state index in [1.165, 1.54) is 107 Å². The highest BCUT2D eigenvalue weighted by molar-refractivity contribution is 7.26. The summed E-state index contributed by atoms with van der Waals surface area (Å²) in [6.45, 7) is 9.53. The second kappa shape index (κ2) is 13.4. The molecule has 13 rings (SSSR count). The van der Waals surface area contributed by atoms with Crippen LogP contribution in [-0.2, 0) is 10.8 Å². The molecule has 0 radical (unpaired) electrons. The highest BCUT2D eigenvalue weighted by atomic mass is 32.1. The van der Waals surface area contributed by atoms with Crippen LogP contribution in [0.4, 0.5) is 17.1 Å². The number of benzene rings is 9. The minimum Gasteiger partial charge on any atom is -0.310 e. The first-order valence-corrected chi connectivity index (χ1v) is 23.6. The monoisotopic (exact) mass is 841 g/mol. The Morgan fingerprint density at radius 2 is 0.714 bits per heavy atom. The lowest BCUT2D eigenvalue weighted by molar-refractivity contribution is 0.660. The van der Waals surface area contributed by atoms with Gasteiger partial charge in [0, 0.05) is 68.2 Å². The van der Waals surface area contributed by atoms with Crippen molar-refractivity contribution in [2.75, 3.05) is 4.90 Å². The van der Waals surface area contributed by atoms with Crippen LogP contribution in [0.15, 0.2) is 188 Å². The smallest absolute Gasteiger partial charge is 0.0473 e. The lowest BCUT2D eigenvalue weighted by atomic mass is 9.82. The second-order valence-corrected chi connectivity index (χ2v) is 20.7. The fourth-order valence-electron chi connectivity index (χ4n) is 11.0. The summed E-state index contributed by atoms with van der Waals surface area (Å²) in [4.78, 5) is 2.53. The van der Waals surface area contributed by atoms with Gasteiger partial charge in [-0.25, -0.2) is 0 Å². The molecular formula is C60H43NS2. The van der Waals surface area contributed by atoms with Crippen molar-refractivity contribution in [3.05, 3.63) is 210 Å². The summed E-state index contributed by atoms with van der Waals surface area (Å²) in [5, 5.41) is 5.25. The summed E-state index contributed by atoms with van der Waals surface area (Å²) in [5.74, 6) is 0. The van der Waals surface area contributed by atoms with Gasteiger partial charge in [0.2, 0.25) is 0 Å². The number of hydrogen-bond donors (Lipinski definition) is 0. The average Bonchev–Trinajstić information content (AvgIpc) is 4.01. The van der Waals surface area contributed by atoms with Crippen molar-refractivity contribution in [2.45, 2.75) is 38.5 Å². The third-order valence-electron chi connectivity index (χ3n) is 14.2. The highest BCUT2D eigenvalue weighted by Crippen LogP contribution is 2.54. The van der Waals surface area contributed by atoms with E-state index in [-0.39, 0.29) is 10.8 Å². The Morgan fingerprint density at radius 3 is 1.21 bits per heavy atom. The summed E-state index contributed by atoms with van der Waals surface area (Å²) in [6, 6.07) is 71.3. The van der Waals surface area contributed by atoms with Crippen molar-refractivity contribution in [3.8, 4) is 44.5 Å². The summed E-state index contributed by atoms with van der Waals surface area (Å²) in [6.07, 6.45) is 0. The first kappa shape index (κ1) is 36.8. The van der Waals surface area contributed by atoms with E-state index in [4.69, 9.17) is 0 Å². The summed E-state index contributed by atoms with van der Waals surface area (Å²) in [5.41, 5.74) is 18.8. The van der Waals surface area contributed by atoms with Gasteiger partial charge in [-0.3, -0.25) is 0 Å². The molecule has 63 heavy (non-hydrogen) atoms. The van der Waals surface area contributed by atoms with Crippen LogP contribution in [0.25, 0.3) is 84.9 Å². The predicted octanol–water partition coefficient (Wildman–Crippen LogP) is 17.8. The Balaban J connectivity index is 1.07. The molecule has 0 unspecified atom stereocenters.